The third kappa shape index (κ3) is 4.92. The number of allylic oxidation sites excluding steroid dienone is 1. The second-order valence-electron chi connectivity index (χ2n) is 9.82. The summed E-state index contributed by atoms with van der Waals surface area (Å²) in [4.78, 5) is 15.2. The molecule has 6 rings (SSSR count). The molecular formula is C31H31NO5. The maximum atomic E-state index is 13.4. The van der Waals surface area contributed by atoms with Crippen LogP contribution in [0.25, 0.3) is 11.1 Å². The van der Waals surface area contributed by atoms with Crippen molar-refractivity contribution in [3.05, 3.63) is 106 Å². The molecule has 2 atom stereocenters. The summed E-state index contributed by atoms with van der Waals surface area (Å²) in [5, 5.41) is 9.31. The van der Waals surface area contributed by atoms with E-state index in [4.69, 9.17) is 14.2 Å². The molecular weight excluding hydrogens is 466 g/mol. The van der Waals surface area contributed by atoms with Crippen LogP contribution >= 0.6 is 0 Å². The molecule has 0 bridgehead atoms. The van der Waals surface area contributed by atoms with E-state index < -0.39 is 6.29 Å². The largest absolute Gasteiger partial charge is 0.459 e. The molecule has 0 saturated carbocycles. The van der Waals surface area contributed by atoms with E-state index in [1.807, 2.05) is 30.3 Å². The molecule has 0 radical (unpaired) electrons. The quantitative estimate of drug-likeness (QED) is 0.424. The van der Waals surface area contributed by atoms with Crippen LogP contribution in [0.15, 0.2) is 78.6 Å². The molecule has 3 aromatic carbocycles. The van der Waals surface area contributed by atoms with Crippen LogP contribution in [0.3, 0.4) is 0 Å². The molecule has 6 heteroatoms. The van der Waals surface area contributed by atoms with Crippen LogP contribution in [0.5, 0.6) is 0 Å². The molecule has 1 aliphatic carbocycles. The molecule has 1 N–H and O–H groups in total. The van der Waals surface area contributed by atoms with Crippen LogP contribution in [-0.2, 0) is 38.6 Å². The fourth-order valence-electron chi connectivity index (χ4n) is 5.51. The van der Waals surface area contributed by atoms with Crippen molar-refractivity contribution in [1.29, 1.82) is 0 Å². The number of hydrogen-bond donors (Lipinski definition) is 1. The monoisotopic (exact) mass is 497 g/mol. The predicted molar refractivity (Wildman–Crippen MR) is 140 cm³/mol. The topological polar surface area (TPSA) is 68.2 Å². The molecule has 2 aliphatic heterocycles. The van der Waals surface area contributed by atoms with Crippen LogP contribution in [0.4, 0.5) is 0 Å². The minimum absolute atomic E-state index is 0.000215. The van der Waals surface area contributed by atoms with Gasteiger partial charge in [-0.15, -0.1) is 0 Å². The molecule has 2 heterocycles. The molecule has 0 unspecified atom stereocenters. The van der Waals surface area contributed by atoms with Crippen molar-refractivity contribution in [3.8, 4) is 11.1 Å². The zero-order chi connectivity index (χ0) is 25.2. The van der Waals surface area contributed by atoms with Crippen LogP contribution in [0.2, 0.25) is 0 Å². The lowest BCUT2D eigenvalue weighted by atomic mass is 9.87. The van der Waals surface area contributed by atoms with E-state index in [0.29, 0.717) is 45.1 Å². The Labute approximate surface area is 217 Å². The highest BCUT2D eigenvalue weighted by atomic mass is 16.7. The van der Waals surface area contributed by atoms with Crippen molar-refractivity contribution in [2.24, 2.45) is 0 Å². The van der Waals surface area contributed by atoms with Gasteiger partial charge in [0.15, 0.2) is 5.76 Å². The molecule has 3 aliphatic rings. The first-order chi connectivity index (χ1) is 18.2. The zero-order valence-corrected chi connectivity index (χ0v) is 20.8. The Morgan fingerprint density at radius 2 is 1.70 bits per heavy atom. The summed E-state index contributed by atoms with van der Waals surface area (Å²) in [6, 6.07) is 22.7. The Hall–Kier alpha value is -3.45. The van der Waals surface area contributed by atoms with E-state index in [-0.39, 0.29) is 18.4 Å². The third-order valence-electron chi connectivity index (χ3n) is 7.49. The molecule has 37 heavy (non-hydrogen) atoms. The number of carbonyl (C=O) groups excluding carboxylic acids is 1. The number of morpholine rings is 1. The van der Waals surface area contributed by atoms with Crippen molar-refractivity contribution in [3.63, 3.8) is 0 Å². The number of carbonyl (C=O) groups is 1. The minimum atomic E-state index is -0.549. The van der Waals surface area contributed by atoms with Crippen molar-refractivity contribution in [1.82, 2.24) is 4.90 Å². The molecule has 190 valence electrons. The van der Waals surface area contributed by atoms with Crippen LogP contribution in [-0.4, -0.2) is 48.5 Å². The van der Waals surface area contributed by atoms with Gasteiger partial charge in [-0.25, -0.2) is 0 Å². The highest BCUT2D eigenvalue weighted by Gasteiger charge is 2.33. The van der Waals surface area contributed by atoms with Gasteiger partial charge in [0, 0.05) is 25.4 Å². The van der Waals surface area contributed by atoms with Gasteiger partial charge in [0.05, 0.1) is 26.4 Å². The second kappa shape index (κ2) is 10.5. The van der Waals surface area contributed by atoms with Gasteiger partial charge in [-0.2, -0.15) is 0 Å². The molecule has 3 aromatic rings. The number of fused-ring (bicyclic) bond motifs is 3. The Morgan fingerprint density at radius 1 is 0.946 bits per heavy atom. The average molecular weight is 498 g/mol. The van der Waals surface area contributed by atoms with E-state index in [1.165, 1.54) is 27.8 Å². The first kappa shape index (κ1) is 23.9. The first-order valence-electron chi connectivity index (χ1n) is 13.0. The lowest BCUT2D eigenvalue weighted by Crippen LogP contribution is -2.43. The number of benzene rings is 3. The number of amides is 1. The second-order valence-corrected chi connectivity index (χ2v) is 9.82. The van der Waals surface area contributed by atoms with Crippen LogP contribution in [0, 0.1) is 0 Å². The lowest BCUT2D eigenvalue weighted by molar-refractivity contribution is -0.158. The van der Waals surface area contributed by atoms with E-state index in [1.54, 1.807) is 4.90 Å². The summed E-state index contributed by atoms with van der Waals surface area (Å²) in [5.74, 6) is 0.247. The van der Waals surface area contributed by atoms with Crippen molar-refractivity contribution in [2.75, 3.05) is 26.3 Å². The minimum Gasteiger partial charge on any atom is -0.459 e. The number of hydrogen-bond acceptors (Lipinski definition) is 5. The molecule has 6 nitrogen and oxygen atoms in total. The first-order valence-corrected chi connectivity index (χ1v) is 13.0. The maximum Gasteiger partial charge on any atom is 0.288 e. The van der Waals surface area contributed by atoms with Gasteiger partial charge in [0.1, 0.15) is 0 Å². The summed E-state index contributed by atoms with van der Waals surface area (Å²) in [6.07, 6.45) is 2.96. The standard InChI is InChI=1S/C31H31NO5/c33-19-21-8-10-22(11-9-21)20-36-30-18-24(17-29(37-30)31(34)32-12-14-35-15-13-32)26-6-3-7-27-25-5-2-1-4-23(25)16-28(26)27/h1-11,17,24,30,33H,12-16,18-20H2/t24-,30+/m1/s1. The van der Waals surface area contributed by atoms with E-state index in [0.717, 1.165) is 17.5 Å². The van der Waals surface area contributed by atoms with E-state index in [9.17, 15) is 9.90 Å². The van der Waals surface area contributed by atoms with E-state index >= 15 is 0 Å². The van der Waals surface area contributed by atoms with Crippen LogP contribution < -0.4 is 0 Å². The van der Waals surface area contributed by atoms with Gasteiger partial charge in [0.25, 0.3) is 5.91 Å². The molecule has 0 spiro atoms. The number of nitrogens with zero attached hydrogens (tertiary/aromatic N) is 1. The smallest absolute Gasteiger partial charge is 0.288 e. The lowest BCUT2D eigenvalue weighted by Gasteiger charge is -2.33. The van der Waals surface area contributed by atoms with Crippen LogP contribution in [0.1, 0.15) is 40.2 Å². The van der Waals surface area contributed by atoms with Crippen molar-refractivity contribution in [2.45, 2.75) is 38.3 Å². The van der Waals surface area contributed by atoms with Gasteiger partial charge in [-0.3, -0.25) is 4.79 Å². The number of aliphatic hydroxyl groups is 1. The molecule has 1 amide bonds. The van der Waals surface area contributed by atoms with Crippen molar-refractivity contribution >= 4 is 5.91 Å². The number of aliphatic hydroxyl groups excluding tert-OH is 1. The SMILES string of the molecule is O=C(C1=C[C@@H](c2cccc3c2Cc2ccccc2-3)C[C@@H](OCc2ccc(CO)cc2)O1)N1CCOCC1. The molecule has 1 fully saturated rings. The number of ether oxygens (including phenoxy) is 3. The highest BCUT2D eigenvalue weighted by molar-refractivity contribution is 5.92. The molecule has 1 saturated heterocycles. The van der Waals surface area contributed by atoms with Crippen molar-refractivity contribution < 1.29 is 24.1 Å². The van der Waals surface area contributed by atoms with Gasteiger partial charge >= 0.3 is 0 Å². The van der Waals surface area contributed by atoms with Gasteiger partial charge < -0.3 is 24.2 Å². The van der Waals surface area contributed by atoms with E-state index in [2.05, 4.69) is 42.5 Å². The maximum absolute atomic E-state index is 13.4. The third-order valence-corrected chi connectivity index (χ3v) is 7.49. The summed E-state index contributed by atoms with van der Waals surface area (Å²) in [5.41, 5.74) is 8.30. The van der Waals surface area contributed by atoms with Gasteiger partial charge in [-0.1, -0.05) is 66.7 Å². The van der Waals surface area contributed by atoms with Gasteiger partial charge in [0.2, 0.25) is 6.29 Å². The summed E-state index contributed by atoms with van der Waals surface area (Å²) in [6.45, 7) is 2.57. The predicted octanol–water partition coefficient (Wildman–Crippen LogP) is 4.54. The average Bonchev–Trinajstić information content (AvgIpc) is 3.35. The molecule has 0 aromatic heterocycles. The Kier molecular flexibility index (Phi) is 6.79. The Morgan fingerprint density at radius 3 is 2.51 bits per heavy atom. The summed E-state index contributed by atoms with van der Waals surface area (Å²) < 4.78 is 17.8. The summed E-state index contributed by atoms with van der Waals surface area (Å²) in [7, 11) is 0. The van der Waals surface area contributed by atoms with Gasteiger partial charge in [-0.05, 0) is 51.4 Å². The zero-order valence-electron chi connectivity index (χ0n) is 20.8. The summed E-state index contributed by atoms with van der Waals surface area (Å²) >= 11 is 0. The fourth-order valence-corrected chi connectivity index (χ4v) is 5.51. The normalized spacial score (nSPS) is 20.6. The Bertz CT molecular complexity index is 1310. The number of rotatable bonds is 6. The fraction of sp³-hybridized carbons (Fsp3) is 0.323. The Balaban J connectivity index is 1.28. The highest BCUT2D eigenvalue weighted by Crippen LogP contribution is 2.43.